The quantitative estimate of drug-likeness (QED) is 0.473. The van der Waals surface area contributed by atoms with Crippen LogP contribution in [0.4, 0.5) is 4.39 Å². The first-order valence-electron chi connectivity index (χ1n) is 11.1. The number of likely N-dealkylation sites (tertiary alicyclic amines) is 1. The van der Waals surface area contributed by atoms with Gasteiger partial charge in [0.15, 0.2) is 5.67 Å². The topological polar surface area (TPSA) is 70.2 Å². The molecule has 2 amide bonds. The van der Waals surface area contributed by atoms with Crippen molar-refractivity contribution in [2.45, 2.75) is 84.2 Å². The number of nitrogens with zero attached hydrogens (tertiary/aromatic N) is 3. The second-order valence-corrected chi connectivity index (χ2v) is 10.6. The first kappa shape index (κ1) is 27.9. The lowest BCUT2D eigenvalue weighted by Gasteiger charge is -2.39. The van der Waals surface area contributed by atoms with Crippen molar-refractivity contribution in [3.8, 4) is 11.8 Å². The summed E-state index contributed by atoms with van der Waals surface area (Å²) in [5.41, 5.74) is -3.33. The van der Waals surface area contributed by atoms with Crippen molar-refractivity contribution in [2.75, 3.05) is 34.2 Å². The fourth-order valence-electron chi connectivity index (χ4n) is 3.36. The normalized spacial score (nSPS) is 17.5. The van der Waals surface area contributed by atoms with E-state index in [0.717, 1.165) is 4.90 Å². The fraction of sp³-hybridized carbons (Fsp3) is 0.792. The maximum atomic E-state index is 15.6. The lowest BCUT2D eigenvalue weighted by molar-refractivity contribution is -0.169. The first-order valence-corrected chi connectivity index (χ1v) is 11.1. The van der Waals surface area contributed by atoms with Gasteiger partial charge in [-0.25, -0.2) is 9.18 Å². The molecule has 8 heteroatoms. The molecule has 1 saturated heterocycles. The molecule has 1 aliphatic rings. The predicted molar refractivity (Wildman–Crippen MR) is 122 cm³/mol. The molecule has 1 aliphatic heterocycles. The Kier molecular flexibility index (Phi) is 8.89. The van der Waals surface area contributed by atoms with Gasteiger partial charge in [0.2, 0.25) is 0 Å². The van der Waals surface area contributed by atoms with E-state index in [0.29, 0.717) is 0 Å². The summed E-state index contributed by atoms with van der Waals surface area (Å²) >= 11 is 0. The summed E-state index contributed by atoms with van der Waals surface area (Å²) < 4.78 is 21.1. The largest absolute Gasteiger partial charge is 0.458 e. The van der Waals surface area contributed by atoms with Crippen molar-refractivity contribution in [1.29, 1.82) is 0 Å². The number of amides is 2. The second-order valence-electron chi connectivity index (χ2n) is 10.6. The third-order valence-electron chi connectivity index (χ3n) is 5.84. The van der Waals surface area contributed by atoms with Crippen molar-refractivity contribution in [2.24, 2.45) is 5.92 Å². The Morgan fingerprint density at radius 2 is 1.53 bits per heavy atom. The molecule has 0 spiro atoms. The van der Waals surface area contributed by atoms with Crippen LogP contribution >= 0.6 is 0 Å². The molecule has 1 heterocycles. The molecule has 0 radical (unpaired) electrons. The highest BCUT2D eigenvalue weighted by Gasteiger charge is 2.47. The van der Waals surface area contributed by atoms with Crippen LogP contribution in [0.25, 0.3) is 0 Å². The van der Waals surface area contributed by atoms with Crippen LogP contribution in [-0.4, -0.2) is 89.6 Å². The van der Waals surface area contributed by atoms with Crippen molar-refractivity contribution in [3.63, 3.8) is 0 Å². The molecule has 1 atom stereocenters. The molecule has 1 fully saturated rings. The number of carbonyl (C=O) groups is 3. The summed E-state index contributed by atoms with van der Waals surface area (Å²) in [6.07, 6.45) is -0.278. The third kappa shape index (κ3) is 7.19. The van der Waals surface area contributed by atoms with Gasteiger partial charge in [0.1, 0.15) is 11.6 Å². The first-order chi connectivity index (χ1) is 14.4. The smallest absolute Gasteiger partial charge is 0.329 e. The summed E-state index contributed by atoms with van der Waals surface area (Å²) in [6, 6.07) is -0.895. The van der Waals surface area contributed by atoms with E-state index in [-0.39, 0.29) is 37.8 Å². The monoisotopic (exact) mass is 453 g/mol. The molecule has 0 bridgehead atoms. The zero-order valence-electron chi connectivity index (χ0n) is 21.3. The molecule has 0 aromatic heterocycles. The van der Waals surface area contributed by atoms with Gasteiger partial charge in [-0.3, -0.25) is 14.5 Å². The van der Waals surface area contributed by atoms with Crippen LogP contribution < -0.4 is 0 Å². The average molecular weight is 454 g/mol. The van der Waals surface area contributed by atoms with Gasteiger partial charge in [-0.05, 0) is 60.6 Å². The minimum absolute atomic E-state index is 0.0881. The summed E-state index contributed by atoms with van der Waals surface area (Å²) in [7, 11) is 5.19. The fourth-order valence-corrected chi connectivity index (χ4v) is 3.36. The van der Waals surface area contributed by atoms with Gasteiger partial charge in [0.25, 0.3) is 11.8 Å². The van der Waals surface area contributed by atoms with Gasteiger partial charge < -0.3 is 14.5 Å². The predicted octanol–water partition coefficient (Wildman–Crippen LogP) is 2.49. The van der Waals surface area contributed by atoms with Crippen LogP contribution in [0.2, 0.25) is 0 Å². The average Bonchev–Trinajstić information content (AvgIpc) is 2.64. The number of alkyl halides is 1. The Morgan fingerprint density at radius 3 is 1.94 bits per heavy atom. The third-order valence-corrected chi connectivity index (χ3v) is 5.84. The molecule has 0 saturated carbocycles. The number of hydrogen-bond acceptors (Lipinski definition) is 5. The molecular weight excluding hydrogens is 413 g/mol. The van der Waals surface area contributed by atoms with Gasteiger partial charge in [0.05, 0.1) is 5.54 Å². The molecule has 0 N–H and O–H groups in total. The zero-order chi connectivity index (χ0) is 25.1. The van der Waals surface area contributed by atoms with Crippen LogP contribution in [0, 0.1) is 17.8 Å². The highest BCUT2D eigenvalue weighted by atomic mass is 19.1. The van der Waals surface area contributed by atoms with Gasteiger partial charge in [-0.2, -0.15) is 0 Å². The van der Waals surface area contributed by atoms with Crippen molar-refractivity contribution < 1.29 is 23.5 Å². The maximum Gasteiger partial charge on any atom is 0.329 e. The lowest BCUT2D eigenvalue weighted by atomic mass is 9.90. The van der Waals surface area contributed by atoms with Gasteiger partial charge in [-0.15, -0.1) is 0 Å². The summed E-state index contributed by atoms with van der Waals surface area (Å²) in [5, 5.41) is 0. The maximum absolute atomic E-state index is 15.6. The number of rotatable bonds is 5. The molecular formula is C24H40FN3O4. The Bertz CT molecular complexity index is 766. The standard InChI is InChI=1S/C24H40FN3O4/c1-17(2)19(20(30)32-22(3,4)5)27(10)21(31)24(25)13-15-28(16-14-24)18(29)11-12-23(6,7)26(8)9/h17,19H,13-16H2,1-10H3. The van der Waals surface area contributed by atoms with E-state index in [1.54, 1.807) is 34.6 Å². The van der Waals surface area contributed by atoms with Crippen molar-refractivity contribution in [1.82, 2.24) is 14.7 Å². The zero-order valence-corrected chi connectivity index (χ0v) is 21.3. The Hall–Kier alpha value is -2.14. The molecule has 7 nitrogen and oxygen atoms in total. The van der Waals surface area contributed by atoms with E-state index in [1.807, 2.05) is 32.8 Å². The van der Waals surface area contributed by atoms with Gasteiger partial charge in [-0.1, -0.05) is 19.8 Å². The van der Waals surface area contributed by atoms with Crippen LogP contribution in [0.1, 0.15) is 61.3 Å². The van der Waals surface area contributed by atoms with E-state index in [4.69, 9.17) is 4.74 Å². The number of likely N-dealkylation sites (N-methyl/N-ethyl adjacent to an activating group) is 1. The lowest BCUT2D eigenvalue weighted by Crippen LogP contribution is -2.57. The number of halogens is 1. The minimum Gasteiger partial charge on any atom is -0.458 e. The molecule has 0 aliphatic carbocycles. The van der Waals surface area contributed by atoms with Gasteiger partial charge in [0, 0.05) is 33.0 Å². The molecule has 182 valence electrons. The number of ether oxygens (including phenoxy) is 1. The molecule has 1 rings (SSSR count). The highest BCUT2D eigenvalue weighted by Crippen LogP contribution is 2.30. The van der Waals surface area contributed by atoms with E-state index >= 15 is 4.39 Å². The van der Waals surface area contributed by atoms with E-state index in [2.05, 4.69) is 11.8 Å². The van der Waals surface area contributed by atoms with Gasteiger partial charge >= 0.3 is 5.97 Å². The molecule has 32 heavy (non-hydrogen) atoms. The summed E-state index contributed by atoms with van der Waals surface area (Å²) in [4.78, 5) is 42.7. The minimum atomic E-state index is -2.14. The van der Waals surface area contributed by atoms with Crippen LogP contribution in [0.5, 0.6) is 0 Å². The number of carbonyl (C=O) groups excluding carboxylic acids is 3. The number of esters is 1. The van der Waals surface area contributed by atoms with Crippen LogP contribution in [0.15, 0.2) is 0 Å². The van der Waals surface area contributed by atoms with E-state index in [1.165, 1.54) is 11.9 Å². The van der Waals surface area contributed by atoms with E-state index in [9.17, 15) is 14.4 Å². The number of hydrogen-bond donors (Lipinski definition) is 0. The molecule has 0 aromatic carbocycles. The van der Waals surface area contributed by atoms with Crippen LogP contribution in [0.3, 0.4) is 0 Å². The van der Waals surface area contributed by atoms with Crippen molar-refractivity contribution >= 4 is 17.8 Å². The molecule has 0 aromatic rings. The Labute approximate surface area is 192 Å². The summed E-state index contributed by atoms with van der Waals surface area (Å²) in [6.45, 7) is 12.8. The number of piperidine rings is 1. The Balaban J connectivity index is 2.89. The molecule has 1 unspecified atom stereocenters. The van der Waals surface area contributed by atoms with Crippen LogP contribution in [-0.2, 0) is 19.1 Å². The Morgan fingerprint density at radius 1 is 1.03 bits per heavy atom. The van der Waals surface area contributed by atoms with Crippen molar-refractivity contribution in [3.05, 3.63) is 0 Å². The summed E-state index contributed by atoms with van der Waals surface area (Å²) in [5.74, 6) is 3.64. The highest BCUT2D eigenvalue weighted by molar-refractivity contribution is 5.94. The SMILES string of the molecule is CC(C)C(C(=O)OC(C)(C)C)N(C)C(=O)C1(F)CCN(C(=O)C#CC(C)(C)N(C)C)CC1. The van der Waals surface area contributed by atoms with E-state index < -0.39 is 34.7 Å². The second kappa shape index (κ2) is 10.2.